The van der Waals surface area contributed by atoms with Gasteiger partial charge in [-0.05, 0) is 12.1 Å². The van der Waals surface area contributed by atoms with Gasteiger partial charge < -0.3 is 9.15 Å². The van der Waals surface area contributed by atoms with Crippen LogP contribution in [0.5, 0.6) is 5.88 Å². The van der Waals surface area contributed by atoms with E-state index >= 15 is 0 Å². The topological polar surface area (TPSA) is 35.3 Å². The molecule has 13 heavy (non-hydrogen) atoms. The van der Waals surface area contributed by atoms with Gasteiger partial charge in [-0.1, -0.05) is 6.07 Å². The van der Waals surface area contributed by atoms with Crippen molar-refractivity contribution in [1.82, 2.24) is 4.98 Å². The van der Waals surface area contributed by atoms with Crippen LogP contribution in [0.3, 0.4) is 0 Å². The molecule has 0 fully saturated rings. The third kappa shape index (κ3) is 1.54. The Labute approximate surface area is 76.0 Å². The highest BCUT2D eigenvalue weighted by Crippen LogP contribution is 2.19. The normalized spacial score (nSPS) is 9.92. The molecule has 0 saturated carbocycles. The zero-order valence-corrected chi connectivity index (χ0v) is 7.23. The molecule has 0 unspecified atom stereocenters. The second-order valence-electron chi connectivity index (χ2n) is 2.58. The van der Waals surface area contributed by atoms with E-state index in [1.54, 1.807) is 19.6 Å². The Kier molecular flexibility index (Phi) is 2.00. The summed E-state index contributed by atoms with van der Waals surface area (Å²) in [4.78, 5) is 4.25. The second kappa shape index (κ2) is 3.31. The average molecular weight is 175 g/mol. The lowest BCUT2D eigenvalue weighted by molar-refractivity contribution is 0.398. The first-order chi connectivity index (χ1) is 6.40. The number of nitrogens with zero attached hydrogens (tertiary/aromatic N) is 1. The monoisotopic (exact) mass is 175 g/mol. The highest BCUT2D eigenvalue weighted by Gasteiger charge is 2.01. The number of rotatable bonds is 2. The van der Waals surface area contributed by atoms with Crippen molar-refractivity contribution in [3.8, 4) is 17.1 Å². The van der Waals surface area contributed by atoms with Crippen molar-refractivity contribution in [2.45, 2.75) is 0 Å². The van der Waals surface area contributed by atoms with E-state index in [9.17, 15) is 0 Å². The molecule has 0 aliphatic heterocycles. The second-order valence-corrected chi connectivity index (χ2v) is 2.58. The molecule has 0 spiro atoms. The van der Waals surface area contributed by atoms with Crippen LogP contribution >= 0.6 is 0 Å². The fraction of sp³-hybridized carbons (Fsp3) is 0.100. The molecule has 3 heteroatoms. The summed E-state index contributed by atoms with van der Waals surface area (Å²) in [6.07, 6.45) is 3.28. The van der Waals surface area contributed by atoms with Crippen molar-refractivity contribution in [1.29, 1.82) is 0 Å². The largest absolute Gasteiger partial charge is 0.481 e. The maximum absolute atomic E-state index is 5.01. The average Bonchev–Trinajstić information content (AvgIpc) is 2.71. The Hall–Kier alpha value is -1.77. The highest BCUT2D eigenvalue weighted by molar-refractivity contribution is 5.57. The third-order valence-corrected chi connectivity index (χ3v) is 1.75. The standard InChI is InChI=1S/C10H9NO2/c1-12-10-4-2-3-9(11-10)8-5-6-13-7-8/h2-7H,1H3. The van der Waals surface area contributed by atoms with Crippen LogP contribution in [0.15, 0.2) is 41.2 Å². The molecule has 2 rings (SSSR count). The maximum Gasteiger partial charge on any atom is 0.213 e. The third-order valence-electron chi connectivity index (χ3n) is 1.75. The Morgan fingerprint density at radius 2 is 2.23 bits per heavy atom. The van der Waals surface area contributed by atoms with Crippen LogP contribution in [0, 0.1) is 0 Å². The molecule has 0 radical (unpaired) electrons. The fourth-order valence-corrected chi connectivity index (χ4v) is 1.10. The Bertz CT molecular complexity index is 382. The molecule has 0 N–H and O–H groups in total. The van der Waals surface area contributed by atoms with Gasteiger partial charge in [0.25, 0.3) is 0 Å². The number of aromatic nitrogens is 1. The van der Waals surface area contributed by atoms with Crippen molar-refractivity contribution in [2.24, 2.45) is 0 Å². The van der Waals surface area contributed by atoms with Crippen LogP contribution in [0.2, 0.25) is 0 Å². The van der Waals surface area contributed by atoms with Crippen molar-refractivity contribution >= 4 is 0 Å². The first-order valence-electron chi connectivity index (χ1n) is 3.94. The number of hydrogen-bond acceptors (Lipinski definition) is 3. The Balaban J connectivity index is 2.41. The van der Waals surface area contributed by atoms with Crippen LogP contribution in [-0.4, -0.2) is 12.1 Å². The summed E-state index contributed by atoms with van der Waals surface area (Å²) < 4.78 is 9.97. The minimum absolute atomic E-state index is 0.610. The first-order valence-corrected chi connectivity index (χ1v) is 3.94. The van der Waals surface area contributed by atoms with Gasteiger partial charge in [0.05, 0.1) is 25.3 Å². The van der Waals surface area contributed by atoms with Crippen molar-refractivity contribution in [3.63, 3.8) is 0 Å². The van der Waals surface area contributed by atoms with Gasteiger partial charge in [-0.2, -0.15) is 0 Å². The lowest BCUT2D eigenvalue weighted by Crippen LogP contribution is -1.88. The highest BCUT2D eigenvalue weighted by atomic mass is 16.5. The Morgan fingerprint density at radius 3 is 2.92 bits per heavy atom. The van der Waals surface area contributed by atoms with Gasteiger partial charge >= 0.3 is 0 Å². The zero-order valence-electron chi connectivity index (χ0n) is 7.23. The SMILES string of the molecule is COc1cccc(-c2ccoc2)n1. The summed E-state index contributed by atoms with van der Waals surface area (Å²) in [6.45, 7) is 0. The number of methoxy groups -OCH3 is 1. The molecule has 0 atom stereocenters. The van der Waals surface area contributed by atoms with E-state index in [0.717, 1.165) is 11.3 Å². The Morgan fingerprint density at radius 1 is 1.31 bits per heavy atom. The molecule has 3 nitrogen and oxygen atoms in total. The summed E-state index contributed by atoms with van der Waals surface area (Å²) in [5.74, 6) is 0.610. The van der Waals surface area contributed by atoms with E-state index in [0.29, 0.717) is 5.88 Å². The van der Waals surface area contributed by atoms with E-state index < -0.39 is 0 Å². The van der Waals surface area contributed by atoms with Crippen molar-refractivity contribution < 1.29 is 9.15 Å². The number of pyridine rings is 1. The lowest BCUT2D eigenvalue weighted by atomic mass is 10.2. The van der Waals surface area contributed by atoms with Gasteiger partial charge in [-0.25, -0.2) is 4.98 Å². The van der Waals surface area contributed by atoms with Crippen LogP contribution < -0.4 is 4.74 Å². The van der Waals surface area contributed by atoms with Crippen LogP contribution in [0.4, 0.5) is 0 Å². The molecule has 0 aromatic carbocycles. The van der Waals surface area contributed by atoms with Gasteiger partial charge in [0.15, 0.2) is 0 Å². The fourth-order valence-electron chi connectivity index (χ4n) is 1.10. The number of furan rings is 1. The van der Waals surface area contributed by atoms with E-state index in [2.05, 4.69) is 4.98 Å². The quantitative estimate of drug-likeness (QED) is 0.702. The van der Waals surface area contributed by atoms with E-state index in [4.69, 9.17) is 9.15 Å². The van der Waals surface area contributed by atoms with E-state index in [1.165, 1.54) is 0 Å². The maximum atomic E-state index is 5.01. The minimum atomic E-state index is 0.610. The van der Waals surface area contributed by atoms with Gasteiger partial charge in [0, 0.05) is 11.6 Å². The molecular formula is C10H9NO2. The molecule has 0 amide bonds. The molecule has 0 aliphatic carbocycles. The zero-order chi connectivity index (χ0) is 9.10. The number of ether oxygens (including phenoxy) is 1. The lowest BCUT2D eigenvalue weighted by Gasteiger charge is -1.99. The molecule has 2 aromatic rings. The smallest absolute Gasteiger partial charge is 0.213 e. The van der Waals surface area contributed by atoms with Crippen LogP contribution in [-0.2, 0) is 0 Å². The van der Waals surface area contributed by atoms with E-state index in [-0.39, 0.29) is 0 Å². The molecular weight excluding hydrogens is 166 g/mol. The molecule has 66 valence electrons. The summed E-state index contributed by atoms with van der Waals surface area (Å²) in [7, 11) is 1.60. The molecule has 2 aromatic heterocycles. The molecule has 0 bridgehead atoms. The van der Waals surface area contributed by atoms with Crippen molar-refractivity contribution in [2.75, 3.05) is 7.11 Å². The van der Waals surface area contributed by atoms with Crippen LogP contribution in [0.1, 0.15) is 0 Å². The predicted octanol–water partition coefficient (Wildman–Crippen LogP) is 2.35. The van der Waals surface area contributed by atoms with Gasteiger partial charge in [-0.15, -0.1) is 0 Å². The minimum Gasteiger partial charge on any atom is -0.481 e. The van der Waals surface area contributed by atoms with E-state index in [1.807, 2.05) is 24.3 Å². The summed E-state index contributed by atoms with van der Waals surface area (Å²) in [6, 6.07) is 7.48. The predicted molar refractivity (Wildman–Crippen MR) is 48.5 cm³/mol. The molecule has 0 saturated heterocycles. The van der Waals surface area contributed by atoms with Gasteiger partial charge in [0.2, 0.25) is 5.88 Å². The first kappa shape index (κ1) is 7.86. The molecule has 0 aliphatic rings. The van der Waals surface area contributed by atoms with Crippen LogP contribution in [0.25, 0.3) is 11.3 Å². The summed E-state index contributed by atoms with van der Waals surface area (Å²) in [5.41, 5.74) is 1.81. The molecule has 2 heterocycles. The van der Waals surface area contributed by atoms with Gasteiger partial charge in [-0.3, -0.25) is 0 Å². The number of hydrogen-bond donors (Lipinski definition) is 0. The van der Waals surface area contributed by atoms with Gasteiger partial charge in [0.1, 0.15) is 0 Å². The summed E-state index contributed by atoms with van der Waals surface area (Å²) in [5, 5.41) is 0. The van der Waals surface area contributed by atoms with Crippen molar-refractivity contribution in [3.05, 3.63) is 36.8 Å². The summed E-state index contributed by atoms with van der Waals surface area (Å²) >= 11 is 0.